The average Bonchev–Trinajstić information content (AvgIpc) is 3.74. The molecule has 0 saturated carbocycles. The number of benzene rings is 3. The van der Waals surface area contributed by atoms with Crippen molar-refractivity contribution in [1.29, 1.82) is 0 Å². The lowest BCUT2D eigenvalue weighted by atomic mass is 10.1. The topological polar surface area (TPSA) is 94.9 Å². The van der Waals surface area contributed by atoms with Gasteiger partial charge in [-0.2, -0.15) is 0 Å². The average molecular weight is 539 g/mol. The van der Waals surface area contributed by atoms with Gasteiger partial charge in [0.05, 0.1) is 11.8 Å². The van der Waals surface area contributed by atoms with E-state index in [2.05, 4.69) is 5.32 Å². The smallest absolute Gasteiger partial charge is 0.254 e. The molecule has 1 aromatic heterocycles. The van der Waals surface area contributed by atoms with Gasteiger partial charge in [-0.3, -0.25) is 19.5 Å². The number of amides is 2. The summed E-state index contributed by atoms with van der Waals surface area (Å²) in [5, 5.41) is 2.95. The maximum Gasteiger partial charge on any atom is 0.254 e. The van der Waals surface area contributed by atoms with Crippen LogP contribution in [0.25, 0.3) is 16.9 Å². The number of hydrogen-bond donors (Lipinski definition) is 1. The Labute approximate surface area is 232 Å². The van der Waals surface area contributed by atoms with Crippen molar-refractivity contribution >= 4 is 17.8 Å². The van der Waals surface area contributed by atoms with Gasteiger partial charge in [0.15, 0.2) is 11.5 Å². The molecule has 0 radical (unpaired) electrons. The molecule has 1 N–H and O–H groups in total. The van der Waals surface area contributed by atoms with Crippen molar-refractivity contribution in [3.05, 3.63) is 90.1 Å². The van der Waals surface area contributed by atoms with Crippen molar-refractivity contribution in [2.24, 2.45) is 0 Å². The molecule has 2 amide bonds. The molecule has 9 nitrogen and oxygen atoms in total. The quantitative estimate of drug-likeness (QED) is 0.345. The number of nitrogens with one attached hydrogen (secondary N) is 1. The van der Waals surface area contributed by atoms with Gasteiger partial charge in [0.2, 0.25) is 18.6 Å². The Kier molecular flexibility index (Phi) is 7.20. The predicted octanol–water partition coefficient (Wildman–Crippen LogP) is 4.84. The second-order valence-corrected chi connectivity index (χ2v) is 9.96. The monoisotopic (exact) mass is 538 g/mol. The second-order valence-electron chi connectivity index (χ2n) is 9.96. The molecule has 2 aliphatic rings. The van der Waals surface area contributed by atoms with Crippen LogP contribution in [0.15, 0.2) is 79.0 Å². The summed E-state index contributed by atoms with van der Waals surface area (Å²) in [4.78, 5) is 33.3. The molecule has 204 valence electrons. The highest BCUT2D eigenvalue weighted by Crippen LogP contribution is 2.33. The summed E-state index contributed by atoms with van der Waals surface area (Å²) in [6.45, 7) is 2.94. The number of aryl methyl sites for hydroxylation is 1. The van der Waals surface area contributed by atoms with Crippen LogP contribution in [0.4, 0.5) is 5.95 Å². The number of rotatable bonds is 8. The molecule has 3 aromatic carbocycles. The minimum Gasteiger partial charge on any atom is -0.454 e. The fraction of sp³-hybridized carbons (Fsp3) is 0.258. The van der Waals surface area contributed by atoms with Gasteiger partial charge < -0.3 is 19.1 Å². The number of nitrogens with zero attached hydrogens (tertiary/aromatic N) is 3. The SMILES string of the molecule is Cc1ccc(-n2cc(-c3ccccc3)nc2NC(=O)CN(CC2CCCO2)C(=O)c2ccc3c(c2)OCO3)cc1. The highest BCUT2D eigenvalue weighted by molar-refractivity contribution is 5.99. The molecule has 2 aliphatic heterocycles. The summed E-state index contributed by atoms with van der Waals surface area (Å²) in [5.74, 6) is 0.847. The largest absolute Gasteiger partial charge is 0.454 e. The second kappa shape index (κ2) is 11.2. The number of carbonyl (C=O) groups is 2. The number of aromatic nitrogens is 2. The molecule has 0 spiro atoms. The van der Waals surface area contributed by atoms with Crippen LogP contribution in [0.5, 0.6) is 11.5 Å². The van der Waals surface area contributed by atoms with E-state index in [0.29, 0.717) is 36.2 Å². The number of imidazole rings is 1. The van der Waals surface area contributed by atoms with E-state index in [4.69, 9.17) is 19.2 Å². The van der Waals surface area contributed by atoms with Crippen molar-refractivity contribution in [3.8, 4) is 28.4 Å². The minimum atomic E-state index is -0.356. The van der Waals surface area contributed by atoms with E-state index < -0.39 is 0 Å². The van der Waals surface area contributed by atoms with Gasteiger partial charge in [0.25, 0.3) is 5.91 Å². The first kappa shape index (κ1) is 25.6. The molecule has 1 atom stereocenters. The van der Waals surface area contributed by atoms with Crippen molar-refractivity contribution < 1.29 is 23.8 Å². The number of ether oxygens (including phenoxy) is 3. The zero-order valence-corrected chi connectivity index (χ0v) is 22.2. The fourth-order valence-corrected chi connectivity index (χ4v) is 4.92. The number of fused-ring (bicyclic) bond motifs is 1. The maximum absolute atomic E-state index is 13.6. The molecule has 6 rings (SSSR count). The van der Waals surface area contributed by atoms with E-state index in [-0.39, 0.29) is 31.3 Å². The Bertz CT molecular complexity index is 1510. The summed E-state index contributed by atoms with van der Waals surface area (Å²) < 4.78 is 18.5. The van der Waals surface area contributed by atoms with Crippen molar-refractivity contribution in [3.63, 3.8) is 0 Å². The van der Waals surface area contributed by atoms with E-state index in [0.717, 1.165) is 35.3 Å². The van der Waals surface area contributed by atoms with Crippen molar-refractivity contribution in [2.45, 2.75) is 25.9 Å². The molecule has 4 aromatic rings. The lowest BCUT2D eigenvalue weighted by Crippen LogP contribution is -2.42. The Balaban J connectivity index is 1.26. The third-order valence-corrected chi connectivity index (χ3v) is 7.03. The maximum atomic E-state index is 13.6. The lowest BCUT2D eigenvalue weighted by molar-refractivity contribution is -0.117. The highest BCUT2D eigenvalue weighted by atomic mass is 16.7. The van der Waals surface area contributed by atoms with Crippen LogP contribution in [0.2, 0.25) is 0 Å². The summed E-state index contributed by atoms with van der Waals surface area (Å²) in [7, 11) is 0. The van der Waals surface area contributed by atoms with Gasteiger partial charge in [0, 0.05) is 36.2 Å². The molecule has 0 bridgehead atoms. The summed E-state index contributed by atoms with van der Waals surface area (Å²) >= 11 is 0. The first-order valence-electron chi connectivity index (χ1n) is 13.4. The van der Waals surface area contributed by atoms with Crippen LogP contribution in [0.1, 0.15) is 28.8 Å². The third kappa shape index (κ3) is 5.55. The Morgan fingerprint density at radius 1 is 1.02 bits per heavy atom. The van der Waals surface area contributed by atoms with E-state index >= 15 is 0 Å². The van der Waals surface area contributed by atoms with Crippen LogP contribution >= 0.6 is 0 Å². The van der Waals surface area contributed by atoms with E-state index in [1.54, 1.807) is 18.2 Å². The zero-order valence-electron chi connectivity index (χ0n) is 22.2. The van der Waals surface area contributed by atoms with Gasteiger partial charge in [0.1, 0.15) is 6.54 Å². The predicted molar refractivity (Wildman–Crippen MR) is 150 cm³/mol. The lowest BCUT2D eigenvalue weighted by Gasteiger charge is -2.25. The normalized spacial score (nSPS) is 15.7. The number of carbonyl (C=O) groups excluding carboxylic acids is 2. The van der Waals surface area contributed by atoms with Gasteiger partial charge in [-0.1, -0.05) is 48.0 Å². The van der Waals surface area contributed by atoms with Crippen LogP contribution in [-0.4, -0.2) is 58.9 Å². The van der Waals surface area contributed by atoms with E-state index in [1.807, 2.05) is 72.3 Å². The molecule has 1 fully saturated rings. The van der Waals surface area contributed by atoms with E-state index in [9.17, 15) is 9.59 Å². The molecule has 40 heavy (non-hydrogen) atoms. The minimum absolute atomic E-state index is 0.119. The van der Waals surface area contributed by atoms with Gasteiger partial charge in [-0.15, -0.1) is 0 Å². The summed E-state index contributed by atoms with van der Waals surface area (Å²) in [6.07, 6.45) is 3.55. The Morgan fingerprint density at radius 3 is 2.60 bits per heavy atom. The number of hydrogen-bond acceptors (Lipinski definition) is 6. The van der Waals surface area contributed by atoms with Crippen molar-refractivity contribution in [2.75, 3.05) is 31.8 Å². The standard InChI is InChI=1S/C31H30N4O5/c1-21-9-12-24(13-10-21)35-18-26(22-6-3-2-4-7-22)32-31(35)33-29(36)19-34(17-25-8-5-15-38-25)30(37)23-11-14-27-28(16-23)40-20-39-27/h2-4,6-7,9-14,16,18,25H,5,8,15,17,19-20H2,1H3,(H,32,33,36). The highest BCUT2D eigenvalue weighted by Gasteiger charge is 2.27. The van der Waals surface area contributed by atoms with Gasteiger partial charge in [-0.25, -0.2) is 4.98 Å². The van der Waals surface area contributed by atoms with Gasteiger partial charge >= 0.3 is 0 Å². The molecule has 1 saturated heterocycles. The molecular formula is C31H30N4O5. The summed E-state index contributed by atoms with van der Waals surface area (Å²) in [6, 6.07) is 22.8. The van der Waals surface area contributed by atoms with Crippen LogP contribution in [-0.2, 0) is 9.53 Å². The molecule has 1 unspecified atom stereocenters. The third-order valence-electron chi connectivity index (χ3n) is 7.03. The number of anilines is 1. The summed E-state index contributed by atoms with van der Waals surface area (Å²) in [5.41, 5.74) is 4.07. The van der Waals surface area contributed by atoms with Crippen LogP contribution in [0.3, 0.4) is 0 Å². The zero-order chi connectivity index (χ0) is 27.5. The van der Waals surface area contributed by atoms with Crippen molar-refractivity contribution in [1.82, 2.24) is 14.5 Å². The first-order valence-corrected chi connectivity index (χ1v) is 13.4. The van der Waals surface area contributed by atoms with Crippen LogP contribution in [0, 0.1) is 6.92 Å². The Morgan fingerprint density at radius 2 is 1.82 bits per heavy atom. The molecular weight excluding hydrogens is 508 g/mol. The Hall–Kier alpha value is -4.63. The van der Waals surface area contributed by atoms with E-state index in [1.165, 1.54) is 4.90 Å². The van der Waals surface area contributed by atoms with Crippen LogP contribution < -0.4 is 14.8 Å². The molecule has 0 aliphatic carbocycles. The first-order chi connectivity index (χ1) is 19.5. The molecule has 3 heterocycles. The van der Waals surface area contributed by atoms with Gasteiger partial charge in [-0.05, 0) is 50.1 Å². The molecule has 9 heteroatoms. The fourth-order valence-electron chi connectivity index (χ4n) is 4.92.